The second-order valence-electron chi connectivity index (χ2n) is 3.21. The van der Waals surface area contributed by atoms with E-state index in [-0.39, 0.29) is 5.82 Å². The maximum Gasteiger partial charge on any atom is 0.141 e. The van der Waals surface area contributed by atoms with Crippen LogP contribution in [-0.4, -0.2) is 25.3 Å². The molecule has 4 heteroatoms. The van der Waals surface area contributed by atoms with E-state index in [2.05, 4.69) is 15.9 Å². The fraction of sp³-hybridized carbons (Fsp3) is 0.300. The van der Waals surface area contributed by atoms with Gasteiger partial charge in [0.2, 0.25) is 0 Å². The van der Waals surface area contributed by atoms with Crippen LogP contribution < -0.4 is 0 Å². The van der Waals surface area contributed by atoms with Gasteiger partial charge >= 0.3 is 0 Å². The van der Waals surface area contributed by atoms with Crippen LogP contribution in [0.15, 0.2) is 22.7 Å². The van der Waals surface area contributed by atoms with Crippen molar-refractivity contribution in [3.8, 4) is 0 Å². The summed E-state index contributed by atoms with van der Waals surface area (Å²) in [4.78, 5) is 12.5. The molecule has 1 aromatic rings. The quantitative estimate of drug-likeness (QED) is 0.778. The molecule has 0 heterocycles. The highest BCUT2D eigenvalue weighted by atomic mass is 79.9. The van der Waals surface area contributed by atoms with Crippen molar-refractivity contribution in [2.75, 3.05) is 14.1 Å². The van der Waals surface area contributed by atoms with Gasteiger partial charge in [0, 0.05) is 10.0 Å². The lowest BCUT2D eigenvalue weighted by molar-refractivity contribution is -0.111. The van der Waals surface area contributed by atoms with Gasteiger partial charge in [-0.3, -0.25) is 4.90 Å². The molecule has 0 N–H and O–H groups in total. The summed E-state index contributed by atoms with van der Waals surface area (Å²) < 4.78 is 14.1. The maximum atomic E-state index is 13.4. The van der Waals surface area contributed by atoms with E-state index in [1.807, 2.05) is 0 Å². The first kappa shape index (κ1) is 11.3. The number of benzene rings is 1. The summed E-state index contributed by atoms with van der Waals surface area (Å²) in [6.45, 7) is 0. The Morgan fingerprint density at radius 3 is 2.64 bits per heavy atom. The Hall–Kier alpha value is -0.740. The summed E-state index contributed by atoms with van der Waals surface area (Å²) in [6.07, 6.45) is 0.727. The van der Waals surface area contributed by atoms with E-state index in [1.54, 1.807) is 31.1 Å². The molecule has 0 aliphatic carbocycles. The minimum Gasteiger partial charge on any atom is -0.301 e. The second kappa shape index (κ2) is 4.66. The summed E-state index contributed by atoms with van der Waals surface area (Å²) in [5.41, 5.74) is 0.388. The van der Waals surface area contributed by atoms with Gasteiger partial charge in [-0.2, -0.15) is 0 Å². The molecule has 0 saturated carbocycles. The molecule has 0 aliphatic heterocycles. The van der Waals surface area contributed by atoms with Crippen LogP contribution in [0.1, 0.15) is 11.6 Å². The first-order valence-corrected chi connectivity index (χ1v) is 4.92. The summed E-state index contributed by atoms with van der Waals surface area (Å²) in [5.74, 6) is -0.362. The summed E-state index contributed by atoms with van der Waals surface area (Å²) in [6, 6.07) is 4.04. The molecule has 2 nitrogen and oxygen atoms in total. The lowest BCUT2D eigenvalue weighted by Crippen LogP contribution is -2.22. The molecule has 0 amide bonds. The molecule has 14 heavy (non-hydrogen) atoms. The molecule has 1 unspecified atom stereocenters. The van der Waals surface area contributed by atoms with Crippen LogP contribution in [0.4, 0.5) is 4.39 Å². The van der Waals surface area contributed by atoms with Crippen LogP contribution in [0.25, 0.3) is 0 Å². The SMILES string of the molecule is CN(C)C(C=O)c1cc(Br)ccc1F. The van der Waals surface area contributed by atoms with Gasteiger partial charge in [-0.1, -0.05) is 15.9 Å². The monoisotopic (exact) mass is 259 g/mol. The average Bonchev–Trinajstić information content (AvgIpc) is 2.11. The number of nitrogens with zero attached hydrogens (tertiary/aromatic N) is 1. The van der Waals surface area contributed by atoms with Crippen molar-refractivity contribution >= 4 is 22.2 Å². The molecule has 0 spiro atoms. The van der Waals surface area contributed by atoms with E-state index < -0.39 is 6.04 Å². The molecule has 0 aliphatic rings. The predicted octanol–water partition coefficient (Wildman–Crippen LogP) is 2.39. The van der Waals surface area contributed by atoms with E-state index in [0.29, 0.717) is 5.56 Å². The third-order valence-corrected chi connectivity index (χ3v) is 2.46. The molecule has 1 atom stereocenters. The molecule has 0 radical (unpaired) electrons. The van der Waals surface area contributed by atoms with E-state index in [4.69, 9.17) is 0 Å². The first-order valence-electron chi connectivity index (χ1n) is 4.13. The number of halogens is 2. The highest BCUT2D eigenvalue weighted by Crippen LogP contribution is 2.23. The summed E-state index contributed by atoms with van der Waals surface area (Å²) in [5, 5.41) is 0. The van der Waals surface area contributed by atoms with Gasteiger partial charge in [-0.05, 0) is 32.3 Å². The van der Waals surface area contributed by atoms with Crippen molar-refractivity contribution < 1.29 is 9.18 Å². The van der Waals surface area contributed by atoms with Gasteiger partial charge in [0.15, 0.2) is 0 Å². The maximum absolute atomic E-state index is 13.4. The van der Waals surface area contributed by atoms with Crippen LogP contribution in [0.5, 0.6) is 0 Å². The van der Waals surface area contributed by atoms with Crippen LogP contribution >= 0.6 is 15.9 Å². The summed E-state index contributed by atoms with van der Waals surface area (Å²) >= 11 is 3.24. The zero-order valence-corrected chi connectivity index (χ0v) is 9.58. The minimum atomic E-state index is -0.535. The molecule has 0 bridgehead atoms. The lowest BCUT2D eigenvalue weighted by Gasteiger charge is -2.19. The van der Waals surface area contributed by atoms with Gasteiger partial charge in [0.1, 0.15) is 12.1 Å². The Morgan fingerprint density at radius 2 is 2.14 bits per heavy atom. The molecule has 0 saturated heterocycles. The van der Waals surface area contributed by atoms with Crippen LogP contribution in [0.2, 0.25) is 0 Å². The smallest absolute Gasteiger partial charge is 0.141 e. The number of rotatable bonds is 3. The normalized spacial score (nSPS) is 12.9. The number of hydrogen-bond acceptors (Lipinski definition) is 2. The highest BCUT2D eigenvalue weighted by Gasteiger charge is 2.17. The molecule has 0 fully saturated rings. The Morgan fingerprint density at radius 1 is 1.50 bits per heavy atom. The predicted molar refractivity (Wildman–Crippen MR) is 56.6 cm³/mol. The number of carbonyl (C=O) groups is 1. The Bertz CT molecular complexity index is 341. The van der Waals surface area contributed by atoms with Crippen molar-refractivity contribution in [3.05, 3.63) is 34.1 Å². The number of likely N-dealkylation sites (N-methyl/N-ethyl adjacent to an activating group) is 1. The third kappa shape index (κ3) is 2.39. The van der Waals surface area contributed by atoms with E-state index in [0.717, 1.165) is 10.8 Å². The van der Waals surface area contributed by atoms with E-state index >= 15 is 0 Å². The van der Waals surface area contributed by atoms with Gasteiger partial charge in [0.25, 0.3) is 0 Å². The van der Waals surface area contributed by atoms with Crippen LogP contribution in [0.3, 0.4) is 0 Å². The molecule has 0 aromatic heterocycles. The van der Waals surface area contributed by atoms with Crippen molar-refractivity contribution in [1.29, 1.82) is 0 Å². The Balaban J connectivity index is 3.15. The minimum absolute atomic E-state index is 0.362. The highest BCUT2D eigenvalue weighted by molar-refractivity contribution is 9.10. The zero-order valence-electron chi connectivity index (χ0n) is 8.00. The standard InChI is InChI=1S/C10H11BrFNO/c1-13(2)10(6-14)8-5-7(11)3-4-9(8)12/h3-6,10H,1-2H3. The molecular weight excluding hydrogens is 249 g/mol. The van der Waals surface area contributed by atoms with Gasteiger partial charge in [-0.15, -0.1) is 0 Å². The molecular formula is C10H11BrFNO. The van der Waals surface area contributed by atoms with Gasteiger partial charge in [0.05, 0.1) is 6.04 Å². The number of carbonyl (C=O) groups excluding carboxylic acids is 1. The third-order valence-electron chi connectivity index (χ3n) is 1.96. The topological polar surface area (TPSA) is 20.3 Å². The average molecular weight is 260 g/mol. The largest absolute Gasteiger partial charge is 0.301 e. The Labute approximate surface area is 90.8 Å². The lowest BCUT2D eigenvalue weighted by atomic mass is 10.1. The van der Waals surface area contributed by atoms with Gasteiger partial charge < -0.3 is 4.79 Å². The van der Waals surface area contributed by atoms with Crippen molar-refractivity contribution in [3.63, 3.8) is 0 Å². The Kier molecular flexibility index (Phi) is 3.77. The van der Waals surface area contributed by atoms with Crippen LogP contribution in [0, 0.1) is 5.82 Å². The second-order valence-corrected chi connectivity index (χ2v) is 4.13. The van der Waals surface area contributed by atoms with Crippen LogP contribution in [-0.2, 0) is 4.79 Å². The van der Waals surface area contributed by atoms with Crippen molar-refractivity contribution in [2.45, 2.75) is 6.04 Å². The zero-order chi connectivity index (χ0) is 10.7. The fourth-order valence-corrected chi connectivity index (χ4v) is 1.59. The van der Waals surface area contributed by atoms with Gasteiger partial charge in [-0.25, -0.2) is 4.39 Å². The fourth-order valence-electron chi connectivity index (χ4n) is 1.21. The summed E-state index contributed by atoms with van der Waals surface area (Å²) in [7, 11) is 3.47. The molecule has 1 aromatic carbocycles. The molecule has 1 rings (SSSR count). The number of aldehydes is 1. The van der Waals surface area contributed by atoms with E-state index in [9.17, 15) is 9.18 Å². The molecule has 76 valence electrons. The van der Waals surface area contributed by atoms with Crippen molar-refractivity contribution in [2.24, 2.45) is 0 Å². The number of hydrogen-bond donors (Lipinski definition) is 0. The van der Waals surface area contributed by atoms with E-state index in [1.165, 1.54) is 6.07 Å². The first-order chi connectivity index (χ1) is 6.56. The van der Waals surface area contributed by atoms with Crippen molar-refractivity contribution in [1.82, 2.24) is 4.90 Å².